The Hall–Kier alpha value is -4.38. The monoisotopic (exact) mass is 512 g/mol. The summed E-state index contributed by atoms with van der Waals surface area (Å²) in [4.78, 5) is 19.9. The number of aryl methyl sites for hydroxylation is 1. The first-order valence-electron chi connectivity index (χ1n) is 12.8. The number of hydrogen-bond acceptors (Lipinski definition) is 8. The van der Waals surface area contributed by atoms with E-state index in [9.17, 15) is 4.79 Å². The molecule has 3 heterocycles. The highest BCUT2D eigenvalue weighted by molar-refractivity contribution is 5.85. The van der Waals surface area contributed by atoms with E-state index in [2.05, 4.69) is 72.2 Å². The predicted octanol–water partition coefficient (Wildman–Crippen LogP) is 3.33. The number of unbranched alkanes of at least 4 members (excludes halogenated alkanes) is 1. The molecule has 5 rings (SSSR count). The highest BCUT2D eigenvalue weighted by Gasteiger charge is 2.18. The van der Waals surface area contributed by atoms with Crippen LogP contribution in [-0.4, -0.2) is 72.5 Å². The number of hydrogen-bond donors (Lipinski definition) is 3. The number of aromatic amines is 2. The zero-order valence-electron chi connectivity index (χ0n) is 21.9. The summed E-state index contributed by atoms with van der Waals surface area (Å²) < 4.78 is 2.03. The van der Waals surface area contributed by atoms with Crippen molar-refractivity contribution in [2.75, 3.05) is 32.5 Å². The molecule has 0 aliphatic carbocycles. The number of anilines is 1. The lowest BCUT2D eigenvalue weighted by molar-refractivity contribution is 0.425. The van der Waals surface area contributed by atoms with E-state index in [1.807, 2.05) is 42.9 Å². The molecule has 196 valence electrons. The molecule has 3 N–H and O–H groups in total. The van der Waals surface area contributed by atoms with Crippen LogP contribution < -0.4 is 10.9 Å². The Morgan fingerprint density at radius 2 is 1.82 bits per heavy atom. The summed E-state index contributed by atoms with van der Waals surface area (Å²) in [6, 6.07) is 16.3. The van der Waals surface area contributed by atoms with E-state index in [-0.39, 0.29) is 5.56 Å². The predicted molar refractivity (Wildman–Crippen MR) is 148 cm³/mol. The van der Waals surface area contributed by atoms with Gasteiger partial charge in [-0.3, -0.25) is 4.79 Å². The lowest BCUT2D eigenvalue weighted by atomic mass is 9.98. The maximum Gasteiger partial charge on any atom is 0.290 e. The minimum Gasteiger partial charge on any atom is -0.365 e. The highest BCUT2D eigenvalue weighted by atomic mass is 16.1. The summed E-state index contributed by atoms with van der Waals surface area (Å²) in [5.41, 5.74) is 4.97. The Bertz CT molecular complexity index is 1550. The summed E-state index contributed by atoms with van der Waals surface area (Å²) in [6.07, 6.45) is 2.82. The van der Waals surface area contributed by atoms with Crippen LogP contribution >= 0.6 is 0 Å². The molecule has 0 unspecified atom stereocenters. The molecule has 3 aromatic heterocycles. The molecule has 11 heteroatoms. The van der Waals surface area contributed by atoms with Crippen molar-refractivity contribution < 1.29 is 0 Å². The summed E-state index contributed by atoms with van der Waals surface area (Å²) in [5.74, 6) is 2.05. The highest BCUT2D eigenvalue weighted by Crippen LogP contribution is 2.30. The van der Waals surface area contributed by atoms with Crippen LogP contribution in [0.2, 0.25) is 0 Å². The number of imidazole rings is 1. The van der Waals surface area contributed by atoms with Crippen LogP contribution in [0.4, 0.5) is 5.82 Å². The fraction of sp³-hybridized carbons (Fsp3) is 0.333. The van der Waals surface area contributed by atoms with Crippen LogP contribution in [0.15, 0.2) is 53.3 Å². The number of nitrogens with zero attached hydrogens (tertiary/aromatic N) is 7. The Balaban J connectivity index is 1.48. The van der Waals surface area contributed by atoms with Crippen molar-refractivity contribution in [1.82, 2.24) is 45.3 Å². The van der Waals surface area contributed by atoms with E-state index in [4.69, 9.17) is 4.98 Å². The van der Waals surface area contributed by atoms with Crippen molar-refractivity contribution in [2.45, 2.75) is 32.7 Å². The summed E-state index contributed by atoms with van der Waals surface area (Å²) >= 11 is 0. The first-order valence-corrected chi connectivity index (χ1v) is 12.8. The second kappa shape index (κ2) is 11.3. The second-order valence-corrected chi connectivity index (χ2v) is 9.52. The Morgan fingerprint density at radius 3 is 2.53 bits per heavy atom. The molecule has 0 aliphatic rings. The van der Waals surface area contributed by atoms with Gasteiger partial charge in [-0.2, -0.15) is 10.3 Å². The molecule has 38 heavy (non-hydrogen) atoms. The molecule has 0 fully saturated rings. The van der Waals surface area contributed by atoms with Crippen LogP contribution in [0.3, 0.4) is 0 Å². The molecular weight excluding hydrogens is 480 g/mol. The Morgan fingerprint density at radius 1 is 1.03 bits per heavy atom. The summed E-state index contributed by atoms with van der Waals surface area (Å²) in [7, 11) is 4.04. The largest absolute Gasteiger partial charge is 0.365 e. The minimum absolute atomic E-state index is 0.237. The number of aromatic nitrogens is 8. The lowest BCUT2D eigenvalue weighted by Crippen LogP contribution is -2.22. The molecule has 0 atom stereocenters. The minimum atomic E-state index is -0.237. The smallest absolute Gasteiger partial charge is 0.290 e. The van der Waals surface area contributed by atoms with Crippen molar-refractivity contribution >= 4 is 16.9 Å². The van der Waals surface area contributed by atoms with Gasteiger partial charge >= 0.3 is 0 Å². The van der Waals surface area contributed by atoms with E-state index in [1.54, 1.807) is 0 Å². The number of H-pyrrole nitrogens is 2. The van der Waals surface area contributed by atoms with E-state index >= 15 is 0 Å². The average Bonchev–Trinajstić information content (AvgIpc) is 3.58. The molecule has 0 saturated carbocycles. The standard InChI is InChI=1S/C27H32N10O/c1-4-5-10-22-29-23-24(27(38)33-30-26(23)28-15-16-36(2)3)37(22)17-18-11-13-19(14-12-18)20-8-6-7-9-21(20)25-31-34-35-32-25/h6-9,11-14H,4-5,10,15-17H2,1-3H3,(H,28,30)(H,33,38)(H,31,32,34,35). The average molecular weight is 513 g/mol. The van der Waals surface area contributed by atoms with Gasteiger partial charge in [-0.05, 0) is 42.4 Å². The molecule has 0 spiro atoms. The molecule has 0 amide bonds. The van der Waals surface area contributed by atoms with Gasteiger partial charge < -0.3 is 14.8 Å². The number of tetrazole rings is 1. The zero-order chi connectivity index (χ0) is 26.5. The van der Waals surface area contributed by atoms with Gasteiger partial charge in [0.2, 0.25) is 5.82 Å². The zero-order valence-corrected chi connectivity index (χ0v) is 21.9. The van der Waals surface area contributed by atoms with E-state index in [0.717, 1.165) is 53.9 Å². The van der Waals surface area contributed by atoms with E-state index in [0.29, 0.717) is 35.8 Å². The fourth-order valence-corrected chi connectivity index (χ4v) is 4.50. The summed E-state index contributed by atoms with van der Waals surface area (Å²) in [5, 5.41) is 24.8. The van der Waals surface area contributed by atoms with Gasteiger partial charge in [-0.15, -0.1) is 10.2 Å². The van der Waals surface area contributed by atoms with Gasteiger partial charge in [-0.25, -0.2) is 10.1 Å². The van der Waals surface area contributed by atoms with Gasteiger partial charge in [-0.1, -0.05) is 61.9 Å². The van der Waals surface area contributed by atoms with Crippen LogP contribution in [0, 0.1) is 0 Å². The molecular formula is C27H32N10O. The second-order valence-electron chi connectivity index (χ2n) is 9.52. The first kappa shape index (κ1) is 25.3. The summed E-state index contributed by atoms with van der Waals surface area (Å²) in [6.45, 7) is 4.23. The fourth-order valence-electron chi connectivity index (χ4n) is 4.50. The number of benzene rings is 2. The number of likely N-dealkylation sites (N-methyl/N-ethyl adjacent to an activating group) is 1. The van der Waals surface area contributed by atoms with Crippen molar-refractivity contribution in [3.63, 3.8) is 0 Å². The number of fused-ring (bicyclic) bond motifs is 1. The third-order valence-electron chi connectivity index (χ3n) is 6.48. The SMILES string of the molecule is CCCCc1nc2c(NCCN(C)C)n[nH]c(=O)c2n1Cc1ccc(-c2ccccc2-c2nn[nH]n2)cc1. The van der Waals surface area contributed by atoms with Gasteiger partial charge in [0.05, 0.1) is 0 Å². The van der Waals surface area contributed by atoms with Crippen molar-refractivity contribution in [3.8, 4) is 22.5 Å². The molecule has 5 aromatic rings. The Kier molecular flexibility index (Phi) is 7.55. The molecule has 2 aromatic carbocycles. The molecule has 0 saturated heterocycles. The number of rotatable bonds is 11. The molecule has 0 radical (unpaired) electrons. The topological polar surface area (TPSA) is 133 Å². The number of nitrogens with one attached hydrogen (secondary N) is 3. The van der Waals surface area contributed by atoms with Gasteiger partial charge in [0.25, 0.3) is 5.56 Å². The normalized spacial score (nSPS) is 11.5. The lowest BCUT2D eigenvalue weighted by Gasteiger charge is -2.12. The Labute approximate surface area is 220 Å². The van der Waals surface area contributed by atoms with Crippen LogP contribution in [0.5, 0.6) is 0 Å². The quantitative estimate of drug-likeness (QED) is 0.245. The van der Waals surface area contributed by atoms with E-state index < -0.39 is 0 Å². The first-order chi connectivity index (χ1) is 18.5. The maximum atomic E-state index is 13.0. The van der Waals surface area contributed by atoms with E-state index in [1.165, 1.54) is 0 Å². The third-order valence-corrected chi connectivity index (χ3v) is 6.48. The van der Waals surface area contributed by atoms with Crippen molar-refractivity contribution in [3.05, 3.63) is 70.3 Å². The maximum absolute atomic E-state index is 13.0. The van der Waals surface area contributed by atoms with Crippen molar-refractivity contribution in [2.24, 2.45) is 0 Å². The molecule has 0 aliphatic heterocycles. The van der Waals surface area contributed by atoms with Gasteiger partial charge in [0, 0.05) is 31.6 Å². The van der Waals surface area contributed by atoms with Crippen molar-refractivity contribution in [1.29, 1.82) is 0 Å². The van der Waals surface area contributed by atoms with Gasteiger partial charge in [0.1, 0.15) is 16.9 Å². The molecule has 11 nitrogen and oxygen atoms in total. The molecule has 0 bridgehead atoms. The third kappa shape index (κ3) is 5.32. The van der Waals surface area contributed by atoms with Gasteiger partial charge in [0.15, 0.2) is 5.82 Å². The van der Waals surface area contributed by atoms with Crippen LogP contribution in [0.1, 0.15) is 31.2 Å². The van der Waals surface area contributed by atoms with Crippen LogP contribution in [0.25, 0.3) is 33.5 Å². The van der Waals surface area contributed by atoms with Crippen LogP contribution in [-0.2, 0) is 13.0 Å².